The summed E-state index contributed by atoms with van der Waals surface area (Å²) in [6.45, 7) is 0. The lowest BCUT2D eigenvalue weighted by Crippen LogP contribution is -2.10. The third-order valence-electron chi connectivity index (χ3n) is 3.23. The number of nitriles is 1. The van der Waals surface area contributed by atoms with Crippen molar-refractivity contribution in [3.8, 4) is 11.8 Å². The van der Waals surface area contributed by atoms with E-state index in [0.717, 1.165) is 42.4 Å². The topological polar surface area (TPSA) is 70.0 Å². The molecule has 4 heteroatoms. The van der Waals surface area contributed by atoms with Crippen molar-refractivity contribution in [1.82, 2.24) is 0 Å². The fraction of sp³-hybridized carbons (Fsp3) is 0.286. The number of phenolic OH excluding ortho intramolecular Hbond substituents is 1. The molecule has 1 aliphatic rings. The molecule has 1 aromatic carbocycles. The molecule has 0 radical (unpaired) electrons. The molecule has 92 valence electrons. The molecular formula is C14H14N2OS. The first-order chi connectivity index (χ1) is 8.63. The predicted molar refractivity (Wildman–Crippen MR) is 75.1 cm³/mol. The van der Waals surface area contributed by atoms with Crippen molar-refractivity contribution in [2.75, 3.05) is 0 Å². The van der Waals surface area contributed by atoms with Crippen LogP contribution in [0.4, 0.5) is 0 Å². The molecule has 3 N–H and O–H groups in total. The Balaban J connectivity index is 2.53. The Morgan fingerprint density at radius 1 is 1.33 bits per heavy atom. The summed E-state index contributed by atoms with van der Waals surface area (Å²) in [5.74, 6) is 0.343. The molecule has 0 amide bonds. The molecular weight excluding hydrogens is 244 g/mol. The maximum Gasteiger partial charge on any atom is 0.119 e. The van der Waals surface area contributed by atoms with Gasteiger partial charge in [-0.05, 0) is 54.5 Å². The second-order valence-electron chi connectivity index (χ2n) is 4.37. The van der Waals surface area contributed by atoms with Gasteiger partial charge in [-0.2, -0.15) is 5.26 Å². The average Bonchev–Trinajstić information content (AvgIpc) is 2.38. The standard InChI is InChI=1S/C14H14N2OS/c15-8-10(14(16)18)7-9-5-6-13(17)12-4-2-1-3-11(9)12/h5-7,17H,1-4H2,(H2,16,18). The Bertz CT molecular complexity index is 570. The van der Waals surface area contributed by atoms with Crippen molar-refractivity contribution in [3.05, 3.63) is 34.4 Å². The molecule has 0 aliphatic heterocycles. The van der Waals surface area contributed by atoms with E-state index in [0.29, 0.717) is 11.3 Å². The molecule has 1 aliphatic carbocycles. The van der Waals surface area contributed by atoms with Crippen LogP contribution in [0.2, 0.25) is 0 Å². The van der Waals surface area contributed by atoms with Gasteiger partial charge in [-0.1, -0.05) is 18.3 Å². The number of nitrogens with zero attached hydrogens (tertiary/aromatic N) is 1. The number of phenols is 1. The number of aromatic hydroxyl groups is 1. The molecule has 0 fully saturated rings. The van der Waals surface area contributed by atoms with Crippen LogP contribution in [-0.2, 0) is 12.8 Å². The molecule has 0 bridgehead atoms. The first kappa shape index (κ1) is 12.6. The Labute approximate surface area is 112 Å². The van der Waals surface area contributed by atoms with E-state index < -0.39 is 0 Å². The molecule has 1 aromatic rings. The van der Waals surface area contributed by atoms with E-state index in [2.05, 4.69) is 0 Å². The number of benzene rings is 1. The summed E-state index contributed by atoms with van der Waals surface area (Å²) in [7, 11) is 0. The highest BCUT2D eigenvalue weighted by Gasteiger charge is 2.16. The number of nitrogens with two attached hydrogens (primary N) is 1. The van der Waals surface area contributed by atoms with Crippen LogP contribution in [0.1, 0.15) is 29.5 Å². The van der Waals surface area contributed by atoms with Crippen molar-refractivity contribution in [3.63, 3.8) is 0 Å². The number of thiocarbonyl (C=S) groups is 1. The first-order valence-electron chi connectivity index (χ1n) is 5.89. The van der Waals surface area contributed by atoms with Crippen molar-refractivity contribution in [1.29, 1.82) is 5.26 Å². The van der Waals surface area contributed by atoms with E-state index in [1.54, 1.807) is 12.1 Å². The molecule has 3 nitrogen and oxygen atoms in total. The summed E-state index contributed by atoms with van der Waals surface area (Å²) in [5.41, 5.74) is 8.85. The Hall–Kier alpha value is -1.86. The van der Waals surface area contributed by atoms with Crippen molar-refractivity contribution < 1.29 is 5.11 Å². The highest BCUT2D eigenvalue weighted by Crippen LogP contribution is 2.32. The van der Waals surface area contributed by atoms with Gasteiger partial charge in [0.1, 0.15) is 16.8 Å². The van der Waals surface area contributed by atoms with Gasteiger partial charge in [0.15, 0.2) is 0 Å². The lowest BCUT2D eigenvalue weighted by atomic mass is 9.87. The van der Waals surface area contributed by atoms with E-state index >= 15 is 0 Å². The van der Waals surface area contributed by atoms with Crippen LogP contribution in [0.3, 0.4) is 0 Å². The summed E-state index contributed by atoms with van der Waals surface area (Å²) in [6.07, 6.45) is 5.72. The highest BCUT2D eigenvalue weighted by atomic mass is 32.1. The van der Waals surface area contributed by atoms with Crippen molar-refractivity contribution in [2.24, 2.45) is 5.73 Å². The minimum Gasteiger partial charge on any atom is -0.508 e. The van der Waals surface area contributed by atoms with Crippen molar-refractivity contribution in [2.45, 2.75) is 25.7 Å². The largest absolute Gasteiger partial charge is 0.508 e. The molecule has 0 aromatic heterocycles. The van der Waals surface area contributed by atoms with Gasteiger partial charge in [-0.3, -0.25) is 0 Å². The number of fused-ring (bicyclic) bond motifs is 1. The van der Waals surface area contributed by atoms with Crippen LogP contribution >= 0.6 is 12.2 Å². The second-order valence-corrected chi connectivity index (χ2v) is 4.81. The Kier molecular flexibility index (Phi) is 3.63. The summed E-state index contributed by atoms with van der Waals surface area (Å²) in [4.78, 5) is 0.107. The zero-order valence-corrected chi connectivity index (χ0v) is 10.8. The second kappa shape index (κ2) is 5.19. The molecule has 0 saturated carbocycles. The monoisotopic (exact) mass is 258 g/mol. The number of hydrogen-bond acceptors (Lipinski definition) is 3. The summed E-state index contributed by atoms with van der Waals surface area (Å²) in [6, 6.07) is 5.49. The van der Waals surface area contributed by atoms with Crippen LogP contribution in [-0.4, -0.2) is 10.1 Å². The first-order valence-corrected chi connectivity index (χ1v) is 6.29. The maximum atomic E-state index is 9.85. The summed E-state index contributed by atoms with van der Waals surface area (Å²) >= 11 is 4.83. The van der Waals surface area contributed by atoms with Gasteiger partial charge >= 0.3 is 0 Å². The van der Waals surface area contributed by atoms with E-state index in [9.17, 15) is 5.11 Å². The minimum atomic E-state index is 0.107. The summed E-state index contributed by atoms with van der Waals surface area (Å²) < 4.78 is 0. The van der Waals surface area contributed by atoms with Gasteiger partial charge in [-0.25, -0.2) is 0 Å². The molecule has 0 atom stereocenters. The lowest BCUT2D eigenvalue weighted by Gasteiger charge is -2.19. The third kappa shape index (κ3) is 2.36. The lowest BCUT2D eigenvalue weighted by molar-refractivity contribution is 0.462. The number of rotatable bonds is 2. The molecule has 0 heterocycles. The van der Waals surface area contributed by atoms with E-state index in [-0.39, 0.29) is 4.99 Å². The molecule has 0 saturated heterocycles. The molecule has 18 heavy (non-hydrogen) atoms. The van der Waals surface area contributed by atoms with E-state index in [4.69, 9.17) is 23.2 Å². The minimum absolute atomic E-state index is 0.107. The van der Waals surface area contributed by atoms with Gasteiger partial charge in [-0.15, -0.1) is 0 Å². The highest BCUT2D eigenvalue weighted by molar-refractivity contribution is 7.80. The third-order valence-corrected chi connectivity index (χ3v) is 3.45. The SMILES string of the molecule is N#CC(=Cc1ccc(O)c2c1CCCC2)C(N)=S. The summed E-state index contributed by atoms with van der Waals surface area (Å²) in [5, 5.41) is 18.8. The van der Waals surface area contributed by atoms with Gasteiger partial charge in [0.25, 0.3) is 0 Å². The molecule has 0 spiro atoms. The Morgan fingerprint density at radius 2 is 2.00 bits per heavy atom. The van der Waals surface area contributed by atoms with Crippen LogP contribution in [0.25, 0.3) is 6.08 Å². The fourth-order valence-electron chi connectivity index (χ4n) is 2.33. The fourth-order valence-corrected chi connectivity index (χ4v) is 2.43. The predicted octanol–water partition coefficient (Wildman–Crippen LogP) is 2.46. The van der Waals surface area contributed by atoms with Crippen LogP contribution < -0.4 is 5.73 Å². The number of hydrogen-bond donors (Lipinski definition) is 2. The van der Waals surface area contributed by atoms with E-state index in [1.807, 2.05) is 12.1 Å². The van der Waals surface area contributed by atoms with Gasteiger partial charge in [0, 0.05) is 0 Å². The maximum absolute atomic E-state index is 9.85. The zero-order chi connectivity index (χ0) is 13.1. The van der Waals surface area contributed by atoms with Gasteiger partial charge in [0.05, 0.1) is 5.57 Å². The molecule has 2 rings (SSSR count). The van der Waals surface area contributed by atoms with Gasteiger partial charge in [0.2, 0.25) is 0 Å². The molecule has 0 unspecified atom stereocenters. The quantitative estimate of drug-likeness (QED) is 0.485. The van der Waals surface area contributed by atoms with Crippen molar-refractivity contribution >= 4 is 23.3 Å². The average molecular weight is 258 g/mol. The Morgan fingerprint density at radius 3 is 2.61 bits per heavy atom. The van der Waals surface area contributed by atoms with Gasteiger partial charge < -0.3 is 10.8 Å². The van der Waals surface area contributed by atoms with Crippen LogP contribution in [0.15, 0.2) is 17.7 Å². The smallest absolute Gasteiger partial charge is 0.119 e. The zero-order valence-electron chi connectivity index (χ0n) is 9.94. The van der Waals surface area contributed by atoms with Crippen LogP contribution in [0.5, 0.6) is 5.75 Å². The normalized spacial score (nSPS) is 14.7. The van der Waals surface area contributed by atoms with E-state index in [1.165, 1.54) is 0 Å². The van der Waals surface area contributed by atoms with Crippen LogP contribution in [0, 0.1) is 11.3 Å².